The number of hydrogen-bond acceptors (Lipinski definition) is 3. The maximum atomic E-state index is 11.6. The average molecular weight is 277 g/mol. The fourth-order valence-electron chi connectivity index (χ4n) is 1.56. The first-order valence-corrected chi connectivity index (χ1v) is 5.85. The first-order valence-electron chi connectivity index (χ1n) is 5.44. The molecule has 0 spiro atoms. The zero-order valence-electron chi connectivity index (χ0n) is 9.79. The van der Waals surface area contributed by atoms with Crippen molar-refractivity contribution in [3.63, 3.8) is 0 Å². The Morgan fingerprint density at radius 1 is 1.32 bits per heavy atom. The molecular formula is C12H11N3O3S. The molecule has 0 aliphatic heterocycles. The van der Waals surface area contributed by atoms with E-state index in [0.29, 0.717) is 10.3 Å². The number of hydrogen-bond donors (Lipinski definition) is 3. The summed E-state index contributed by atoms with van der Waals surface area (Å²) in [5.41, 5.74) is 1.22. The second kappa shape index (κ2) is 5.49. The van der Waals surface area contributed by atoms with Crippen molar-refractivity contribution in [1.82, 2.24) is 14.9 Å². The summed E-state index contributed by atoms with van der Waals surface area (Å²) in [4.78, 5) is 24.8. The zero-order valence-corrected chi connectivity index (χ0v) is 10.6. The molecule has 0 saturated carbocycles. The Morgan fingerprint density at radius 3 is 2.53 bits per heavy atom. The van der Waals surface area contributed by atoms with Crippen molar-refractivity contribution in [3.05, 3.63) is 47.0 Å². The van der Waals surface area contributed by atoms with Crippen LogP contribution in [0.2, 0.25) is 0 Å². The molecule has 7 heteroatoms. The lowest BCUT2D eigenvalue weighted by molar-refractivity contribution is -0.135. The van der Waals surface area contributed by atoms with Gasteiger partial charge in [0.2, 0.25) is 0 Å². The van der Waals surface area contributed by atoms with Gasteiger partial charge in [0.05, 0.1) is 0 Å². The van der Waals surface area contributed by atoms with Gasteiger partial charge in [-0.3, -0.25) is 14.2 Å². The van der Waals surface area contributed by atoms with Crippen molar-refractivity contribution >= 4 is 24.1 Å². The molecule has 1 aromatic heterocycles. The molecule has 2 aromatic rings. The number of aromatic nitrogens is 2. The number of carboxylic acids is 1. The molecule has 19 heavy (non-hydrogen) atoms. The van der Waals surface area contributed by atoms with Crippen molar-refractivity contribution in [2.45, 2.75) is 0 Å². The largest absolute Gasteiger partial charge is 0.480 e. The Hall–Kier alpha value is -2.41. The first kappa shape index (κ1) is 13.0. The van der Waals surface area contributed by atoms with Gasteiger partial charge in [-0.15, -0.1) is 0 Å². The van der Waals surface area contributed by atoms with Crippen LogP contribution in [-0.4, -0.2) is 33.1 Å². The summed E-state index contributed by atoms with van der Waals surface area (Å²) in [6.45, 7) is -0.399. The topological polar surface area (TPSA) is 87.1 Å². The lowest BCUT2D eigenvalue weighted by Crippen LogP contribution is -2.29. The van der Waals surface area contributed by atoms with Crippen LogP contribution in [0.1, 0.15) is 10.4 Å². The molecule has 0 unspecified atom stereocenters. The van der Waals surface area contributed by atoms with Crippen molar-refractivity contribution in [2.24, 2.45) is 0 Å². The summed E-state index contributed by atoms with van der Waals surface area (Å²) in [6, 6.07) is 6.70. The minimum atomic E-state index is -1.08. The summed E-state index contributed by atoms with van der Waals surface area (Å²) in [5.74, 6) is -1.50. The van der Waals surface area contributed by atoms with Gasteiger partial charge in [-0.25, -0.2) is 0 Å². The van der Waals surface area contributed by atoms with Gasteiger partial charge >= 0.3 is 5.97 Å². The normalized spacial score (nSPS) is 10.1. The number of benzene rings is 1. The zero-order chi connectivity index (χ0) is 13.8. The molecular weight excluding hydrogens is 266 g/mol. The second-order valence-electron chi connectivity index (χ2n) is 3.76. The SMILES string of the molecule is O=C(O)CNC(=O)c1ccc(-n2cc[nH]c2=S)cc1. The second-order valence-corrected chi connectivity index (χ2v) is 4.15. The van der Waals surface area contributed by atoms with Gasteiger partial charge in [-0.05, 0) is 36.5 Å². The molecule has 98 valence electrons. The van der Waals surface area contributed by atoms with E-state index in [1.54, 1.807) is 41.2 Å². The summed E-state index contributed by atoms with van der Waals surface area (Å²) >= 11 is 5.08. The Bertz CT molecular complexity index is 657. The van der Waals surface area contributed by atoms with Gasteiger partial charge in [0.1, 0.15) is 6.54 Å². The molecule has 6 nitrogen and oxygen atoms in total. The molecule has 0 radical (unpaired) electrons. The Labute approximate surface area is 113 Å². The molecule has 1 heterocycles. The van der Waals surface area contributed by atoms with Crippen LogP contribution in [0, 0.1) is 4.77 Å². The molecule has 0 bridgehead atoms. The van der Waals surface area contributed by atoms with Crippen LogP contribution in [0.15, 0.2) is 36.7 Å². The molecule has 0 aliphatic rings. The Morgan fingerprint density at radius 2 is 2.00 bits per heavy atom. The highest BCUT2D eigenvalue weighted by Gasteiger charge is 2.07. The van der Waals surface area contributed by atoms with Crippen molar-refractivity contribution < 1.29 is 14.7 Å². The summed E-state index contributed by atoms with van der Waals surface area (Å²) in [7, 11) is 0. The number of aromatic amines is 1. The van der Waals surface area contributed by atoms with Crippen molar-refractivity contribution in [2.75, 3.05) is 6.54 Å². The van der Waals surface area contributed by atoms with Crippen LogP contribution >= 0.6 is 12.2 Å². The van der Waals surface area contributed by atoms with Gasteiger partial charge in [-0.2, -0.15) is 0 Å². The van der Waals surface area contributed by atoms with E-state index >= 15 is 0 Å². The monoisotopic (exact) mass is 277 g/mol. The van der Waals surface area contributed by atoms with E-state index < -0.39 is 18.4 Å². The van der Waals surface area contributed by atoms with E-state index in [1.165, 1.54) is 0 Å². The predicted octanol–water partition coefficient (Wildman–Crippen LogP) is 1.35. The molecule has 3 N–H and O–H groups in total. The molecule has 2 rings (SSSR count). The maximum Gasteiger partial charge on any atom is 0.322 e. The fourth-order valence-corrected chi connectivity index (χ4v) is 1.79. The van der Waals surface area contributed by atoms with E-state index in [4.69, 9.17) is 17.3 Å². The summed E-state index contributed by atoms with van der Waals surface area (Å²) < 4.78 is 2.32. The van der Waals surface area contributed by atoms with Gasteiger partial charge in [-0.1, -0.05) is 0 Å². The number of nitrogens with one attached hydrogen (secondary N) is 2. The lowest BCUT2D eigenvalue weighted by Gasteiger charge is -2.05. The molecule has 0 atom stereocenters. The van der Waals surface area contributed by atoms with Gasteiger partial charge < -0.3 is 15.4 Å². The van der Waals surface area contributed by atoms with Crippen LogP contribution in [0.25, 0.3) is 5.69 Å². The van der Waals surface area contributed by atoms with Gasteiger partial charge in [0.25, 0.3) is 5.91 Å². The van der Waals surface area contributed by atoms with E-state index in [1.807, 2.05) is 0 Å². The molecule has 1 amide bonds. The minimum Gasteiger partial charge on any atom is -0.480 e. The number of nitrogens with zero attached hydrogens (tertiary/aromatic N) is 1. The molecule has 0 saturated heterocycles. The third-order valence-corrected chi connectivity index (χ3v) is 2.77. The van der Waals surface area contributed by atoms with Gasteiger partial charge in [0, 0.05) is 23.6 Å². The lowest BCUT2D eigenvalue weighted by atomic mass is 10.2. The third kappa shape index (κ3) is 3.08. The van der Waals surface area contributed by atoms with E-state index in [-0.39, 0.29) is 0 Å². The number of carboxylic acid groups (broad SMARTS) is 1. The highest BCUT2D eigenvalue weighted by Crippen LogP contribution is 2.10. The molecule has 0 fully saturated rings. The van der Waals surface area contributed by atoms with Crippen LogP contribution in [0.5, 0.6) is 0 Å². The number of carbonyl (C=O) groups excluding carboxylic acids is 1. The number of amides is 1. The Balaban J connectivity index is 2.15. The smallest absolute Gasteiger partial charge is 0.322 e. The number of rotatable bonds is 4. The van der Waals surface area contributed by atoms with Crippen LogP contribution in [-0.2, 0) is 4.79 Å². The molecule has 0 aliphatic carbocycles. The van der Waals surface area contributed by atoms with E-state index in [0.717, 1.165) is 5.69 Å². The quantitative estimate of drug-likeness (QED) is 0.736. The number of carbonyl (C=O) groups is 2. The van der Waals surface area contributed by atoms with Crippen LogP contribution in [0.3, 0.4) is 0 Å². The summed E-state index contributed by atoms with van der Waals surface area (Å²) in [5, 5.41) is 10.8. The summed E-state index contributed by atoms with van der Waals surface area (Å²) in [6.07, 6.45) is 3.50. The predicted molar refractivity (Wildman–Crippen MR) is 70.9 cm³/mol. The van der Waals surface area contributed by atoms with Crippen LogP contribution in [0.4, 0.5) is 0 Å². The number of imidazole rings is 1. The molecule has 1 aromatic carbocycles. The van der Waals surface area contributed by atoms with Crippen molar-refractivity contribution in [1.29, 1.82) is 0 Å². The maximum absolute atomic E-state index is 11.6. The standard InChI is InChI=1S/C12H11N3O3S/c16-10(17)7-14-11(18)8-1-3-9(4-2-8)15-6-5-13-12(15)19/h1-6H,7H2,(H,13,19)(H,14,18)(H,16,17). The van der Waals surface area contributed by atoms with E-state index in [2.05, 4.69) is 10.3 Å². The average Bonchev–Trinajstić information content (AvgIpc) is 2.82. The Kier molecular flexibility index (Phi) is 3.76. The third-order valence-electron chi connectivity index (χ3n) is 2.46. The number of aliphatic carboxylic acids is 1. The minimum absolute atomic E-state index is 0.395. The van der Waals surface area contributed by atoms with Crippen molar-refractivity contribution in [3.8, 4) is 5.69 Å². The first-order chi connectivity index (χ1) is 9.08. The number of H-pyrrole nitrogens is 1. The highest BCUT2D eigenvalue weighted by molar-refractivity contribution is 7.71. The van der Waals surface area contributed by atoms with E-state index in [9.17, 15) is 9.59 Å². The van der Waals surface area contributed by atoms with Gasteiger partial charge in [0.15, 0.2) is 4.77 Å². The fraction of sp³-hybridized carbons (Fsp3) is 0.0833. The highest BCUT2D eigenvalue weighted by atomic mass is 32.1. The van der Waals surface area contributed by atoms with Crippen LogP contribution < -0.4 is 5.32 Å².